The number of alkyl halides is 1. The van der Waals surface area contributed by atoms with E-state index in [2.05, 4.69) is 36.3 Å². The molecule has 0 aliphatic rings. The highest BCUT2D eigenvalue weighted by Crippen LogP contribution is 2.26. The Morgan fingerprint density at radius 2 is 1.92 bits per heavy atom. The van der Waals surface area contributed by atoms with Crippen LogP contribution in [-0.2, 0) is 5.41 Å². The number of ether oxygens (including phenoxy) is 1. The van der Waals surface area contributed by atoms with E-state index in [1.807, 2.05) is 12.1 Å². The molecule has 26 heavy (non-hydrogen) atoms. The highest BCUT2D eigenvalue weighted by atomic mass is 19.1. The first-order valence-corrected chi connectivity index (χ1v) is 8.47. The molecule has 2 N–H and O–H groups in total. The third kappa shape index (κ3) is 3.85. The Hall–Kier alpha value is -2.89. The number of anilines is 1. The van der Waals surface area contributed by atoms with Crippen molar-refractivity contribution in [3.8, 4) is 5.75 Å². The Morgan fingerprint density at radius 1 is 1.19 bits per heavy atom. The molecule has 0 aliphatic carbocycles. The first kappa shape index (κ1) is 17.9. The van der Waals surface area contributed by atoms with Gasteiger partial charge in [-0.3, -0.25) is 9.89 Å². The Labute approximate surface area is 151 Å². The minimum Gasteiger partial charge on any atom is -0.491 e. The first-order valence-electron chi connectivity index (χ1n) is 8.47. The predicted molar refractivity (Wildman–Crippen MR) is 101 cm³/mol. The van der Waals surface area contributed by atoms with Crippen LogP contribution in [0.1, 0.15) is 36.7 Å². The fourth-order valence-electron chi connectivity index (χ4n) is 2.64. The summed E-state index contributed by atoms with van der Waals surface area (Å²) in [5, 5.41) is 10.5. The van der Waals surface area contributed by atoms with Crippen molar-refractivity contribution in [3.05, 3.63) is 53.6 Å². The van der Waals surface area contributed by atoms with Crippen LogP contribution in [0.5, 0.6) is 5.75 Å². The van der Waals surface area contributed by atoms with E-state index in [-0.39, 0.29) is 17.9 Å². The summed E-state index contributed by atoms with van der Waals surface area (Å²) in [6.07, 6.45) is 0. The lowest BCUT2D eigenvalue weighted by molar-refractivity contribution is 0.102. The van der Waals surface area contributed by atoms with Gasteiger partial charge in [0.1, 0.15) is 19.0 Å². The third-order valence-electron chi connectivity index (χ3n) is 4.13. The molecule has 0 radical (unpaired) electrons. The lowest BCUT2D eigenvalue weighted by atomic mass is 9.87. The zero-order valence-electron chi connectivity index (χ0n) is 15.1. The molecule has 0 aliphatic heterocycles. The maximum atomic E-state index is 12.5. The number of aromatic nitrogens is 2. The van der Waals surface area contributed by atoms with Crippen LogP contribution in [-0.4, -0.2) is 29.4 Å². The molecule has 0 bridgehead atoms. The second-order valence-corrected chi connectivity index (χ2v) is 7.10. The van der Waals surface area contributed by atoms with Gasteiger partial charge in [0, 0.05) is 10.9 Å². The van der Waals surface area contributed by atoms with E-state index >= 15 is 0 Å². The average molecular weight is 355 g/mol. The van der Waals surface area contributed by atoms with Gasteiger partial charge in [0.2, 0.25) is 0 Å². The maximum absolute atomic E-state index is 12.5. The lowest BCUT2D eigenvalue weighted by Crippen LogP contribution is -2.14. The lowest BCUT2D eigenvalue weighted by Gasteiger charge is -2.19. The van der Waals surface area contributed by atoms with Gasteiger partial charge in [0.15, 0.2) is 5.82 Å². The summed E-state index contributed by atoms with van der Waals surface area (Å²) in [7, 11) is 0. The molecule has 1 heterocycles. The molecule has 0 unspecified atom stereocenters. The van der Waals surface area contributed by atoms with Crippen molar-refractivity contribution in [3.63, 3.8) is 0 Å². The van der Waals surface area contributed by atoms with E-state index in [0.29, 0.717) is 22.5 Å². The summed E-state index contributed by atoms with van der Waals surface area (Å²) >= 11 is 0. The van der Waals surface area contributed by atoms with Gasteiger partial charge in [0.05, 0.1) is 5.52 Å². The molecule has 5 nitrogen and oxygen atoms in total. The second-order valence-electron chi connectivity index (χ2n) is 7.10. The number of hydrogen-bond donors (Lipinski definition) is 2. The Bertz CT molecular complexity index is 911. The van der Waals surface area contributed by atoms with E-state index in [0.717, 1.165) is 11.1 Å². The molecule has 1 amide bonds. The Balaban J connectivity index is 1.80. The monoisotopic (exact) mass is 355 g/mol. The number of H-pyrrole nitrogens is 1. The van der Waals surface area contributed by atoms with Crippen LogP contribution < -0.4 is 10.1 Å². The molecule has 0 fully saturated rings. The number of rotatable bonds is 5. The maximum Gasteiger partial charge on any atom is 0.256 e. The highest BCUT2D eigenvalue weighted by molar-refractivity contribution is 6.08. The Kier molecular flexibility index (Phi) is 4.93. The van der Waals surface area contributed by atoms with E-state index in [1.54, 1.807) is 30.3 Å². The number of benzene rings is 2. The van der Waals surface area contributed by atoms with Gasteiger partial charge in [-0.05, 0) is 41.3 Å². The summed E-state index contributed by atoms with van der Waals surface area (Å²) in [4.78, 5) is 12.5. The smallest absolute Gasteiger partial charge is 0.256 e. The number of fused-ring (bicyclic) bond motifs is 1. The van der Waals surface area contributed by atoms with Crippen molar-refractivity contribution < 1.29 is 13.9 Å². The van der Waals surface area contributed by atoms with Crippen LogP contribution in [0, 0.1) is 0 Å². The van der Waals surface area contributed by atoms with E-state index < -0.39 is 6.67 Å². The second kappa shape index (κ2) is 7.15. The van der Waals surface area contributed by atoms with Crippen LogP contribution in [0.3, 0.4) is 0 Å². The van der Waals surface area contributed by atoms with Crippen LogP contribution in [0.2, 0.25) is 0 Å². The normalized spacial score (nSPS) is 11.5. The molecule has 6 heteroatoms. The molecular weight excluding hydrogens is 333 g/mol. The van der Waals surface area contributed by atoms with Crippen molar-refractivity contribution in [2.75, 3.05) is 18.6 Å². The van der Waals surface area contributed by atoms with Gasteiger partial charge < -0.3 is 10.1 Å². The van der Waals surface area contributed by atoms with Crippen LogP contribution in [0.25, 0.3) is 10.9 Å². The van der Waals surface area contributed by atoms with Gasteiger partial charge >= 0.3 is 0 Å². The van der Waals surface area contributed by atoms with Gasteiger partial charge in [-0.25, -0.2) is 4.39 Å². The number of aromatic amines is 1. The number of carbonyl (C=O) groups is 1. The number of hydrogen-bond acceptors (Lipinski definition) is 3. The van der Waals surface area contributed by atoms with Gasteiger partial charge in [-0.2, -0.15) is 5.10 Å². The van der Waals surface area contributed by atoms with Crippen LogP contribution in [0.4, 0.5) is 10.2 Å². The number of nitrogens with zero attached hydrogens (tertiary/aromatic N) is 1. The molecule has 3 rings (SSSR count). The fourth-order valence-corrected chi connectivity index (χ4v) is 2.64. The molecule has 136 valence electrons. The molecule has 2 aromatic carbocycles. The van der Waals surface area contributed by atoms with Crippen LogP contribution in [0.15, 0.2) is 42.5 Å². The van der Waals surface area contributed by atoms with Crippen molar-refractivity contribution in [1.82, 2.24) is 10.2 Å². The molecule has 0 spiro atoms. The third-order valence-corrected chi connectivity index (χ3v) is 4.13. The minimum atomic E-state index is -0.558. The predicted octanol–water partition coefficient (Wildman–Crippen LogP) is 4.46. The summed E-state index contributed by atoms with van der Waals surface area (Å²) in [5.41, 5.74) is 2.51. The van der Waals surface area contributed by atoms with Crippen molar-refractivity contribution in [2.45, 2.75) is 26.2 Å². The number of carbonyl (C=O) groups excluding carboxylic acids is 1. The summed E-state index contributed by atoms with van der Waals surface area (Å²) in [5.74, 6) is 0.700. The summed E-state index contributed by atoms with van der Waals surface area (Å²) < 4.78 is 17.6. The molecule has 0 saturated carbocycles. The number of nitrogens with one attached hydrogen (secondary N) is 2. The van der Waals surface area contributed by atoms with Crippen LogP contribution >= 0.6 is 0 Å². The SMILES string of the molecule is CC(C)(C)c1ccc(C(=O)Nc2n[nH]c3ccc(OCCF)cc23)cc1. The van der Waals surface area contributed by atoms with Gasteiger partial charge in [-0.15, -0.1) is 0 Å². The quantitative estimate of drug-likeness (QED) is 0.710. The zero-order chi connectivity index (χ0) is 18.7. The molecule has 1 aromatic heterocycles. The van der Waals surface area contributed by atoms with Crippen molar-refractivity contribution in [2.24, 2.45) is 0 Å². The molecule has 3 aromatic rings. The molecule has 0 atom stereocenters. The van der Waals surface area contributed by atoms with Gasteiger partial charge in [-0.1, -0.05) is 32.9 Å². The summed E-state index contributed by atoms with van der Waals surface area (Å²) in [6, 6.07) is 12.8. The van der Waals surface area contributed by atoms with E-state index in [9.17, 15) is 9.18 Å². The fraction of sp³-hybridized carbons (Fsp3) is 0.300. The molecule has 0 saturated heterocycles. The minimum absolute atomic E-state index is 0.00875. The van der Waals surface area contributed by atoms with E-state index in [1.165, 1.54) is 0 Å². The van der Waals surface area contributed by atoms with Gasteiger partial charge in [0.25, 0.3) is 5.91 Å². The number of halogens is 1. The topological polar surface area (TPSA) is 67.0 Å². The average Bonchev–Trinajstić information content (AvgIpc) is 3.01. The standard InChI is InChI=1S/C20H22FN3O2/c1-20(2,3)14-6-4-13(5-7-14)19(25)22-18-16-12-15(26-11-10-21)8-9-17(16)23-24-18/h4-9,12H,10-11H2,1-3H3,(H2,22,23,24,25). The largest absolute Gasteiger partial charge is 0.491 e. The van der Waals surface area contributed by atoms with E-state index in [4.69, 9.17) is 4.74 Å². The number of amides is 1. The zero-order valence-corrected chi connectivity index (χ0v) is 15.1. The van der Waals surface area contributed by atoms with Crippen molar-refractivity contribution in [1.29, 1.82) is 0 Å². The Morgan fingerprint density at radius 3 is 2.58 bits per heavy atom. The molecular formula is C20H22FN3O2. The van der Waals surface area contributed by atoms with Crippen molar-refractivity contribution >= 4 is 22.6 Å². The highest BCUT2D eigenvalue weighted by Gasteiger charge is 2.16. The first-order chi connectivity index (χ1) is 12.4. The summed E-state index contributed by atoms with van der Waals surface area (Å²) in [6.45, 7) is 5.81.